The lowest BCUT2D eigenvalue weighted by atomic mass is 9.87. The average molecular weight is 458 g/mol. The summed E-state index contributed by atoms with van der Waals surface area (Å²) in [6.45, 7) is 6.23. The molecule has 7 heteroatoms. The summed E-state index contributed by atoms with van der Waals surface area (Å²) in [5.41, 5.74) is 3.45. The van der Waals surface area contributed by atoms with Crippen LogP contribution >= 0.6 is 0 Å². The first-order valence-electron chi connectivity index (χ1n) is 11.0. The number of carbonyl (C=O) groups is 3. The lowest BCUT2D eigenvalue weighted by Gasteiger charge is -2.29. The number of nitrogens with zero attached hydrogens (tertiary/aromatic N) is 1. The van der Waals surface area contributed by atoms with E-state index in [1.165, 1.54) is 10.5 Å². The number of para-hydroxylation sites is 2. The predicted molar refractivity (Wildman–Crippen MR) is 132 cm³/mol. The fraction of sp³-hybridized carbons (Fsp3) is 0.222. The number of anilines is 3. The minimum Gasteiger partial charge on any atom is -0.484 e. The maximum Gasteiger partial charge on any atom is 0.262 e. The van der Waals surface area contributed by atoms with Gasteiger partial charge in [0.1, 0.15) is 12.3 Å². The van der Waals surface area contributed by atoms with Crippen molar-refractivity contribution < 1.29 is 19.1 Å². The molecule has 0 bridgehead atoms. The Kier molecular flexibility index (Phi) is 6.36. The molecular formula is C27H27N3O4. The van der Waals surface area contributed by atoms with E-state index in [1.807, 2.05) is 30.3 Å². The smallest absolute Gasteiger partial charge is 0.262 e. The molecule has 3 aromatic carbocycles. The van der Waals surface area contributed by atoms with Crippen molar-refractivity contribution in [2.75, 3.05) is 28.7 Å². The Bertz CT molecular complexity index is 1210. The van der Waals surface area contributed by atoms with E-state index < -0.39 is 0 Å². The fourth-order valence-corrected chi connectivity index (χ4v) is 3.66. The van der Waals surface area contributed by atoms with E-state index in [1.54, 1.807) is 42.5 Å². The highest BCUT2D eigenvalue weighted by Gasteiger charge is 2.27. The van der Waals surface area contributed by atoms with Gasteiger partial charge < -0.3 is 15.4 Å². The van der Waals surface area contributed by atoms with Gasteiger partial charge in [-0.15, -0.1) is 0 Å². The van der Waals surface area contributed by atoms with Gasteiger partial charge in [0.15, 0.2) is 6.61 Å². The molecule has 0 unspecified atom stereocenters. The molecule has 0 saturated heterocycles. The second-order valence-electron chi connectivity index (χ2n) is 9.15. The van der Waals surface area contributed by atoms with Gasteiger partial charge >= 0.3 is 0 Å². The molecule has 3 aromatic rings. The Labute approximate surface area is 198 Å². The van der Waals surface area contributed by atoms with Gasteiger partial charge in [0.05, 0.1) is 11.4 Å². The van der Waals surface area contributed by atoms with E-state index in [2.05, 4.69) is 31.4 Å². The summed E-state index contributed by atoms with van der Waals surface area (Å²) >= 11 is 0. The average Bonchev–Trinajstić information content (AvgIpc) is 2.82. The second kappa shape index (κ2) is 9.39. The van der Waals surface area contributed by atoms with Crippen LogP contribution in [0.1, 0.15) is 36.7 Å². The summed E-state index contributed by atoms with van der Waals surface area (Å²) in [4.78, 5) is 38.8. The maximum atomic E-state index is 13.0. The van der Waals surface area contributed by atoms with Crippen LogP contribution in [-0.4, -0.2) is 30.9 Å². The zero-order valence-corrected chi connectivity index (χ0v) is 19.4. The van der Waals surface area contributed by atoms with Gasteiger partial charge in [-0.2, -0.15) is 0 Å². The molecule has 0 aliphatic carbocycles. The Morgan fingerprint density at radius 3 is 2.32 bits per heavy atom. The van der Waals surface area contributed by atoms with Crippen LogP contribution < -0.4 is 20.3 Å². The van der Waals surface area contributed by atoms with Crippen LogP contribution in [0.3, 0.4) is 0 Å². The lowest BCUT2D eigenvalue weighted by Crippen LogP contribution is -2.42. The molecule has 0 atom stereocenters. The molecule has 0 aromatic heterocycles. The van der Waals surface area contributed by atoms with Crippen LogP contribution in [0.25, 0.3) is 0 Å². The third-order valence-electron chi connectivity index (χ3n) is 5.52. The van der Waals surface area contributed by atoms with Crippen molar-refractivity contribution in [3.8, 4) is 5.75 Å². The highest BCUT2D eigenvalue weighted by Crippen LogP contribution is 2.30. The minimum absolute atomic E-state index is 0.0489. The van der Waals surface area contributed by atoms with Crippen molar-refractivity contribution in [1.82, 2.24) is 0 Å². The zero-order valence-electron chi connectivity index (χ0n) is 19.4. The first-order valence-corrected chi connectivity index (χ1v) is 11.0. The van der Waals surface area contributed by atoms with Crippen molar-refractivity contribution in [1.29, 1.82) is 0 Å². The monoisotopic (exact) mass is 457 g/mol. The molecule has 4 rings (SSSR count). The molecule has 7 nitrogen and oxygen atoms in total. The van der Waals surface area contributed by atoms with E-state index in [0.29, 0.717) is 28.4 Å². The van der Waals surface area contributed by atoms with E-state index in [0.717, 1.165) is 0 Å². The molecule has 0 saturated carbocycles. The number of hydrogen-bond donors (Lipinski definition) is 2. The molecule has 1 aliphatic heterocycles. The number of carbonyl (C=O) groups excluding carboxylic acids is 3. The second-order valence-corrected chi connectivity index (χ2v) is 9.15. The van der Waals surface area contributed by atoms with E-state index in [4.69, 9.17) is 4.74 Å². The fourth-order valence-electron chi connectivity index (χ4n) is 3.66. The Balaban J connectivity index is 1.35. The van der Waals surface area contributed by atoms with Crippen LogP contribution in [0.2, 0.25) is 0 Å². The number of benzene rings is 3. The predicted octanol–water partition coefficient (Wildman–Crippen LogP) is 4.60. The van der Waals surface area contributed by atoms with Crippen molar-refractivity contribution >= 4 is 34.8 Å². The molecule has 34 heavy (non-hydrogen) atoms. The summed E-state index contributed by atoms with van der Waals surface area (Å²) in [7, 11) is 0. The minimum atomic E-state index is -0.305. The zero-order chi connectivity index (χ0) is 24.3. The molecule has 1 heterocycles. The molecule has 0 spiro atoms. The van der Waals surface area contributed by atoms with Gasteiger partial charge in [0.2, 0.25) is 5.91 Å². The van der Waals surface area contributed by atoms with Gasteiger partial charge in [-0.1, -0.05) is 45.0 Å². The molecule has 0 fully saturated rings. The number of hydrogen-bond acceptors (Lipinski definition) is 4. The van der Waals surface area contributed by atoms with Crippen LogP contribution in [0, 0.1) is 0 Å². The van der Waals surface area contributed by atoms with E-state index in [9.17, 15) is 14.4 Å². The van der Waals surface area contributed by atoms with Crippen LogP contribution in [0.5, 0.6) is 5.75 Å². The quantitative estimate of drug-likeness (QED) is 0.586. The number of nitrogens with one attached hydrogen (secondary N) is 2. The normalized spacial score (nSPS) is 13.0. The Morgan fingerprint density at radius 2 is 1.65 bits per heavy atom. The first kappa shape index (κ1) is 23.0. The standard InChI is InChI=1S/C27H27N3O4/c1-27(2,3)19-10-14-21(15-11-19)34-17-25(32)28-20-12-8-18(9-13-20)26(33)30-16-24(31)29-22-6-4-5-7-23(22)30/h4-15H,16-17H2,1-3H3,(H,28,32)(H,29,31). The number of fused-ring (bicyclic) bond motifs is 1. The topological polar surface area (TPSA) is 87.7 Å². The van der Waals surface area contributed by atoms with Crippen LogP contribution in [0.15, 0.2) is 72.8 Å². The highest BCUT2D eigenvalue weighted by molar-refractivity contribution is 6.15. The Hall–Kier alpha value is -4.13. The van der Waals surface area contributed by atoms with Gasteiger partial charge in [-0.3, -0.25) is 19.3 Å². The third-order valence-corrected chi connectivity index (χ3v) is 5.52. The third kappa shape index (κ3) is 5.26. The number of rotatable bonds is 5. The summed E-state index contributed by atoms with van der Waals surface area (Å²) in [5.74, 6) is -0.221. The summed E-state index contributed by atoms with van der Waals surface area (Å²) < 4.78 is 5.58. The Morgan fingerprint density at radius 1 is 0.971 bits per heavy atom. The molecule has 174 valence electrons. The van der Waals surface area contributed by atoms with Gasteiger partial charge in [-0.25, -0.2) is 0 Å². The maximum absolute atomic E-state index is 13.0. The molecule has 1 aliphatic rings. The molecular weight excluding hydrogens is 430 g/mol. The SMILES string of the molecule is CC(C)(C)c1ccc(OCC(=O)Nc2ccc(C(=O)N3CC(=O)Nc4ccccc43)cc2)cc1. The van der Waals surface area contributed by atoms with Crippen molar-refractivity contribution in [3.63, 3.8) is 0 Å². The van der Waals surface area contributed by atoms with Crippen molar-refractivity contribution in [2.24, 2.45) is 0 Å². The molecule has 0 radical (unpaired) electrons. The molecule has 3 amide bonds. The van der Waals surface area contributed by atoms with Gasteiger partial charge in [-0.05, 0) is 59.5 Å². The van der Waals surface area contributed by atoms with Gasteiger partial charge in [0.25, 0.3) is 11.8 Å². The van der Waals surface area contributed by atoms with Crippen molar-refractivity contribution in [3.05, 3.63) is 83.9 Å². The number of amides is 3. The summed E-state index contributed by atoms with van der Waals surface area (Å²) in [6, 6.07) is 21.4. The van der Waals surface area contributed by atoms with Crippen LogP contribution in [0.4, 0.5) is 17.1 Å². The van der Waals surface area contributed by atoms with Crippen LogP contribution in [-0.2, 0) is 15.0 Å². The highest BCUT2D eigenvalue weighted by atomic mass is 16.5. The molecule has 2 N–H and O–H groups in total. The first-order chi connectivity index (χ1) is 16.2. The number of ether oxygens (including phenoxy) is 1. The van der Waals surface area contributed by atoms with E-state index >= 15 is 0 Å². The summed E-state index contributed by atoms with van der Waals surface area (Å²) in [6.07, 6.45) is 0. The largest absolute Gasteiger partial charge is 0.484 e. The van der Waals surface area contributed by atoms with Crippen molar-refractivity contribution in [2.45, 2.75) is 26.2 Å². The lowest BCUT2D eigenvalue weighted by molar-refractivity contribution is -0.118. The van der Waals surface area contributed by atoms with E-state index in [-0.39, 0.29) is 36.3 Å². The summed E-state index contributed by atoms with van der Waals surface area (Å²) in [5, 5.41) is 5.53. The van der Waals surface area contributed by atoms with Gasteiger partial charge in [0, 0.05) is 11.3 Å².